The third kappa shape index (κ3) is 5.03. The summed E-state index contributed by atoms with van der Waals surface area (Å²) in [7, 11) is 0. The van der Waals surface area contributed by atoms with Gasteiger partial charge < -0.3 is 15.5 Å². The van der Waals surface area contributed by atoms with E-state index in [-0.39, 0.29) is 23.7 Å². The first-order chi connectivity index (χ1) is 11.1. The van der Waals surface area contributed by atoms with Crippen LogP contribution in [-0.4, -0.2) is 42.9 Å². The van der Waals surface area contributed by atoms with E-state index in [1.54, 1.807) is 11.0 Å². The molecule has 1 fully saturated rings. The lowest BCUT2D eigenvalue weighted by Gasteiger charge is -2.36. The maximum atomic E-state index is 13.4. The molecule has 0 spiro atoms. The van der Waals surface area contributed by atoms with E-state index < -0.39 is 0 Å². The van der Waals surface area contributed by atoms with Gasteiger partial charge >= 0.3 is 0 Å². The van der Waals surface area contributed by atoms with E-state index in [1.807, 2.05) is 13.0 Å². The lowest BCUT2D eigenvalue weighted by atomic mass is 10.0. The minimum atomic E-state index is -0.295. The highest BCUT2D eigenvalue weighted by Crippen LogP contribution is 2.24. The average molecular weight is 321 g/mol. The number of hydrogen-bond donors (Lipinski definition) is 2. The minimum absolute atomic E-state index is 0.0186. The van der Waals surface area contributed by atoms with Crippen molar-refractivity contribution in [2.75, 3.05) is 26.2 Å². The Morgan fingerprint density at radius 3 is 2.96 bits per heavy atom. The number of hydrogen-bond acceptors (Lipinski definition) is 3. The average Bonchev–Trinajstić information content (AvgIpc) is 2.55. The summed E-state index contributed by atoms with van der Waals surface area (Å²) in [6.07, 6.45) is 1.23. The molecule has 0 radical (unpaired) electrons. The SMILES string of the molecule is CCNC(=O)CCCC(=O)N1CCNCC1c1cccc(F)c1. The van der Waals surface area contributed by atoms with Crippen molar-refractivity contribution in [3.8, 4) is 0 Å². The molecule has 5 nitrogen and oxygen atoms in total. The minimum Gasteiger partial charge on any atom is -0.356 e. The Morgan fingerprint density at radius 1 is 1.39 bits per heavy atom. The maximum absolute atomic E-state index is 13.4. The largest absolute Gasteiger partial charge is 0.356 e. The number of piperazine rings is 1. The Labute approximate surface area is 136 Å². The summed E-state index contributed by atoms with van der Waals surface area (Å²) in [6, 6.07) is 6.23. The molecule has 6 heteroatoms. The number of nitrogens with one attached hydrogen (secondary N) is 2. The zero-order valence-electron chi connectivity index (χ0n) is 13.5. The zero-order chi connectivity index (χ0) is 16.7. The highest BCUT2D eigenvalue weighted by Gasteiger charge is 2.27. The highest BCUT2D eigenvalue weighted by atomic mass is 19.1. The highest BCUT2D eigenvalue weighted by molar-refractivity contribution is 5.79. The Kier molecular flexibility index (Phi) is 6.52. The molecule has 1 atom stereocenters. The van der Waals surface area contributed by atoms with Crippen LogP contribution in [0.4, 0.5) is 4.39 Å². The molecule has 0 aromatic heterocycles. The van der Waals surface area contributed by atoms with E-state index in [0.717, 1.165) is 12.1 Å². The Bertz CT molecular complexity index is 550. The second kappa shape index (κ2) is 8.62. The standard InChI is InChI=1S/C17H24FN3O2/c1-2-20-16(22)7-4-8-17(23)21-10-9-19-12-15(21)13-5-3-6-14(18)11-13/h3,5-6,11,15,19H,2,4,7-10,12H2,1H3,(H,20,22). The molecule has 1 aromatic rings. The summed E-state index contributed by atoms with van der Waals surface area (Å²) in [6.45, 7) is 4.42. The number of carbonyl (C=O) groups is 2. The van der Waals surface area contributed by atoms with Gasteiger partial charge in [0.05, 0.1) is 6.04 Å². The normalized spacial score (nSPS) is 17.8. The lowest BCUT2D eigenvalue weighted by molar-refractivity contribution is -0.134. The van der Waals surface area contributed by atoms with E-state index >= 15 is 0 Å². The van der Waals surface area contributed by atoms with Crippen LogP contribution < -0.4 is 10.6 Å². The van der Waals surface area contributed by atoms with Crippen molar-refractivity contribution in [1.29, 1.82) is 0 Å². The van der Waals surface area contributed by atoms with Crippen molar-refractivity contribution in [2.45, 2.75) is 32.2 Å². The fraction of sp³-hybridized carbons (Fsp3) is 0.529. The summed E-state index contributed by atoms with van der Waals surface area (Å²) < 4.78 is 13.4. The van der Waals surface area contributed by atoms with E-state index in [2.05, 4.69) is 10.6 Å². The zero-order valence-corrected chi connectivity index (χ0v) is 13.5. The van der Waals surface area contributed by atoms with Crippen LogP contribution in [0.5, 0.6) is 0 Å². The number of halogens is 1. The van der Waals surface area contributed by atoms with Crippen LogP contribution in [0.25, 0.3) is 0 Å². The van der Waals surface area contributed by atoms with Crippen LogP contribution in [0.2, 0.25) is 0 Å². The molecule has 1 heterocycles. The second-order valence-electron chi connectivity index (χ2n) is 5.67. The molecule has 2 N–H and O–H groups in total. The molecular weight excluding hydrogens is 297 g/mol. The fourth-order valence-electron chi connectivity index (χ4n) is 2.84. The van der Waals surface area contributed by atoms with Gasteiger partial charge in [0.15, 0.2) is 0 Å². The fourth-order valence-corrected chi connectivity index (χ4v) is 2.84. The predicted molar refractivity (Wildman–Crippen MR) is 86.3 cm³/mol. The van der Waals surface area contributed by atoms with Gasteiger partial charge in [0.25, 0.3) is 0 Å². The van der Waals surface area contributed by atoms with Crippen LogP contribution in [0, 0.1) is 5.82 Å². The molecule has 1 unspecified atom stereocenters. The van der Waals surface area contributed by atoms with Crippen LogP contribution in [0.3, 0.4) is 0 Å². The Hall–Kier alpha value is -1.95. The number of rotatable bonds is 6. The van der Waals surface area contributed by atoms with Gasteiger partial charge in [-0.05, 0) is 31.0 Å². The summed E-state index contributed by atoms with van der Waals surface area (Å²) in [4.78, 5) is 25.7. The molecule has 0 bridgehead atoms. The quantitative estimate of drug-likeness (QED) is 0.837. The predicted octanol–water partition coefficient (Wildman–Crippen LogP) is 1.61. The number of amides is 2. The van der Waals surface area contributed by atoms with E-state index in [4.69, 9.17) is 0 Å². The molecule has 23 heavy (non-hydrogen) atoms. The molecule has 1 aliphatic heterocycles. The number of carbonyl (C=O) groups excluding carboxylic acids is 2. The Morgan fingerprint density at radius 2 is 2.22 bits per heavy atom. The van der Waals surface area contributed by atoms with Crippen LogP contribution in [-0.2, 0) is 9.59 Å². The van der Waals surface area contributed by atoms with Crippen LogP contribution in [0.15, 0.2) is 24.3 Å². The third-order valence-electron chi connectivity index (χ3n) is 3.97. The molecule has 1 aromatic carbocycles. The van der Waals surface area contributed by atoms with E-state index in [9.17, 15) is 14.0 Å². The van der Waals surface area contributed by atoms with Gasteiger partial charge in [0.1, 0.15) is 5.82 Å². The molecule has 2 rings (SSSR count). The number of benzene rings is 1. The lowest BCUT2D eigenvalue weighted by Crippen LogP contribution is -2.48. The van der Waals surface area contributed by atoms with Gasteiger partial charge in [-0.3, -0.25) is 9.59 Å². The Balaban J connectivity index is 1.95. The first kappa shape index (κ1) is 17.4. The monoisotopic (exact) mass is 321 g/mol. The van der Waals surface area contributed by atoms with Gasteiger partial charge in [-0.2, -0.15) is 0 Å². The van der Waals surface area contributed by atoms with Gasteiger partial charge in [0, 0.05) is 39.0 Å². The van der Waals surface area contributed by atoms with Gasteiger partial charge in [-0.15, -0.1) is 0 Å². The van der Waals surface area contributed by atoms with Crippen molar-refractivity contribution < 1.29 is 14.0 Å². The molecule has 126 valence electrons. The van der Waals surface area contributed by atoms with Crippen LogP contribution in [0.1, 0.15) is 37.8 Å². The first-order valence-electron chi connectivity index (χ1n) is 8.14. The summed E-state index contributed by atoms with van der Waals surface area (Å²) in [5.74, 6) is -0.302. The molecule has 0 saturated carbocycles. The van der Waals surface area contributed by atoms with E-state index in [0.29, 0.717) is 38.9 Å². The third-order valence-corrected chi connectivity index (χ3v) is 3.97. The van der Waals surface area contributed by atoms with Crippen molar-refractivity contribution in [3.05, 3.63) is 35.6 Å². The van der Waals surface area contributed by atoms with Crippen molar-refractivity contribution in [1.82, 2.24) is 15.5 Å². The summed E-state index contributed by atoms with van der Waals surface area (Å²) in [5.41, 5.74) is 0.800. The molecular formula is C17H24FN3O2. The van der Waals surface area contributed by atoms with Crippen molar-refractivity contribution >= 4 is 11.8 Å². The molecule has 1 saturated heterocycles. The summed E-state index contributed by atoms with van der Waals surface area (Å²) >= 11 is 0. The molecule has 0 aliphatic carbocycles. The van der Waals surface area contributed by atoms with Crippen LogP contribution >= 0.6 is 0 Å². The second-order valence-corrected chi connectivity index (χ2v) is 5.67. The number of nitrogens with zero attached hydrogens (tertiary/aromatic N) is 1. The van der Waals surface area contributed by atoms with E-state index in [1.165, 1.54) is 12.1 Å². The topological polar surface area (TPSA) is 61.4 Å². The van der Waals surface area contributed by atoms with Gasteiger partial charge in [-0.25, -0.2) is 4.39 Å². The summed E-state index contributed by atoms with van der Waals surface area (Å²) in [5, 5.41) is 5.97. The molecule has 1 aliphatic rings. The van der Waals surface area contributed by atoms with Gasteiger partial charge in [-0.1, -0.05) is 12.1 Å². The molecule has 2 amide bonds. The first-order valence-corrected chi connectivity index (χ1v) is 8.14. The van der Waals surface area contributed by atoms with Crippen molar-refractivity contribution in [3.63, 3.8) is 0 Å². The van der Waals surface area contributed by atoms with Gasteiger partial charge in [0.2, 0.25) is 11.8 Å². The van der Waals surface area contributed by atoms with Crippen molar-refractivity contribution in [2.24, 2.45) is 0 Å². The maximum Gasteiger partial charge on any atom is 0.223 e. The smallest absolute Gasteiger partial charge is 0.223 e.